The van der Waals surface area contributed by atoms with Gasteiger partial charge in [0, 0.05) is 13.2 Å². The molecule has 0 atom stereocenters. The normalized spacial score (nSPS) is 12.4. The fourth-order valence-electron chi connectivity index (χ4n) is 1.48. The van der Waals surface area contributed by atoms with Crippen LogP contribution in [-0.2, 0) is 23.3 Å². The van der Waals surface area contributed by atoms with Crippen molar-refractivity contribution in [3.63, 3.8) is 0 Å². The van der Waals surface area contributed by atoms with Crippen LogP contribution in [0.5, 0.6) is 0 Å². The molecule has 0 heterocycles. The average Bonchev–Trinajstić information content (AvgIpc) is 3.07. The molecule has 0 saturated carbocycles. The molecule has 0 radical (unpaired) electrons. The van der Waals surface area contributed by atoms with Gasteiger partial charge in [-0.05, 0) is 12.8 Å². The van der Waals surface area contributed by atoms with Gasteiger partial charge in [0.2, 0.25) is 0 Å². The van der Waals surface area contributed by atoms with E-state index in [0.717, 1.165) is 36.8 Å². The minimum absolute atomic E-state index is 0. The molecule has 6 heteroatoms. The third-order valence-corrected chi connectivity index (χ3v) is 2.29. The van der Waals surface area contributed by atoms with Crippen LogP contribution < -0.4 is 0 Å². The number of hydrogen-bond donors (Lipinski definition) is 2. The zero-order valence-corrected chi connectivity index (χ0v) is 19.0. The van der Waals surface area contributed by atoms with Crippen molar-refractivity contribution in [1.29, 1.82) is 0 Å². The molecule has 0 unspecified atom stereocenters. The van der Waals surface area contributed by atoms with Crippen LogP contribution in [0.2, 0.25) is 0 Å². The molecule has 2 aliphatic rings. The van der Waals surface area contributed by atoms with E-state index >= 15 is 0 Å². The second-order valence-electron chi connectivity index (χ2n) is 3.56. The Labute approximate surface area is 165 Å². The molecule has 0 aromatic carbocycles. The Morgan fingerprint density at radius 3 is 1.36 bits per heavy atom. The topological polar surface area (TPSA) is 40.5 Å². The van der Waals surface area contributed by atoms with E-state index in [1.807, 2.05) is 31.2 Å². The molecular formula is C16H28Cl2O2SiZr-4. The molecule has 2 rings (SSSR count). The van der Waals surface area contributed by atoms with Crippen molar-refractivity contribution < 1.29 is 33.5 Å². The maximum absolute atomic E-state index is 8.43. The summed E-state index contributed by atoms with van der Waals surface area (Å²) in [5.41, 5.74) is 2.29. The third kappa shape index (κ3) is 18.6. The van der Waals surface area contributed by atoms with Crippen molar-refractivity contribution in [2.75, 3.05) is 13.2 Å². The van der Waals surface area contributed by atoms with Gasteiger partial charge in [0.15, 0.2) is 0 Å². The number of aliphatic hydroxyl groups is 2. The summed E-state index contributed by atoms with van der Waals surface area (Å²) in [6.45, 7) is 2.44. The van der Waals surface area contributed by atoms with Crippen molar-refractivity contribution in [3.8, 4) is 0 Å². The quantitative estimate of drug-likeness (QED) is 0.519. The second kappa shape index (κ2) is 26.5. The van der Waals surface area contributed by atoms with Gasteiger partial charge in [0.25, 0.3) is 0 Å². The Hall–Kier alpha value is 0.560. The standard InChI is InChI=1S/2C7H9O.2CH3.2ClH.H2Si.Zr/c2*8-6-5-7-3-1-2-4-7;;;;;;/h2*1,3,8H,2,5-6H2;2*1H3;2*1H;1H2;/q4*-1;;;;. The Morgan fingerprint density at radius 1 is 0.864 bits per heavy atom. The van der Waals surface area contributed by atoms with E-state index in [1.54, 1.807) is 23.3 Å². The molecule has 22 heavy (non-hydrogen) atoms. The van der Waals surface area contributed by atoms with Crippen molar-refractivity contribution >= 4 is 31.7 Å². The second-order valence-corrected chi connectivity index (χ2v) is 3.56. The molecule has 130 valence electrons. The number of rotatable bonds is 4. The Morgan fingerprint density at radius 2 is 1.18 bits per heavy atom. The van der Waals surface area contributed by atoms with E-state index < -0.39 is 0 Å². The SMILES string of the molecule is Cl.Cl.OCCC1=[C-]CC=C1.OCCC1=[C-]CC=C1.[CH3-].[CH3-].[SiH2]=[Zr]. The summed E-state index contributed by atoms with van der Waals surface area (Å²) in [7, 11) is 0. The predicted octanol–water partition coefficient (Wildman–Crippen LogP) is 2.94. The van der Waals surface area contributed by atoms with Crippen LogP contribution in [0.4, 0.5) is 0 Å². The van der Waals surface area contributed by atoms with Crippen LogP contribution in [0, 0.1) is 27.0 Å². The van der Waals surface area contributed by atoms with E-state index in [0.29, 0.717) is 0 Å². The number of hydrogen-bond acceptors (Lipinski definition) is 2. The molecule has 0 aliphatic heterocycles. The molecule has 0 saturated heterocycles. The minimum atomic E-state index is 0. The van der Waals surface area contributed by atoms with E-state index in [4.69, 9.17) is 10.2 Å². The van der Waals surface area contributed by atoms with Gasteiger partial charge in [-0.3, -0.25) is 12.2 Å². The molecule has 0 spiro atoms. The summed E-state index contributed by atoms with van der Waals surface area (Å²) in [5, 5.41) is 16.9. The fourth-order valence-corrected chi connectivity index (χ4v) is 1.48. The van der Waals surface area contributed by atoms with Gasteiger partial charge < -0.3 is 25.1 Å². The van der Waals surface area contributed by atoms with Gasteiger partial charge in [0.05, 0.1) is 0 Å². The molecule has 0 aromatic heterocycles. The maximum atomic E-state index is 8.43. The first-order valence-electron chi connectivity index (χ1n) is 5.96. The molecule has 0 aromatic rings. The summed E-state index contributed by atoms with van der Waals surface area (Å²) in [4.78, 5) is 0. The molecule has 2 nitrogen and oxygen atoms in total. The Bertz CT molecular complexity index is 311. The Balaban J connectivity index is -0.0000000676. The first kappa shape index (κ1) is 34.0. The molecule has 2 N–H and O–H groups in total. The van der Waals surface area contributed by atoms with Crippen LogP contribution >= 0.6 is 24.8 Å². The van der Waals surface area contributed by atoms with Crippen molar-refractivity contribution in [2.24, 2.45) is 0 Å². The number of allylic oxidation sites excluding steroid dienone is 6. The summed E-state index contributed by atoms with van der Waals surface area (Å²) in [6, 6.07) is 0. The van der Waals surface area contributed by atoms with Crippen molar-refractivity contribution in [1.82, 2.24) is 0 Å². The third-order valence-electron chi connectivity index (χ3n) is 2.29. The van der Waals surface area contributed by atoms with Gasteiger partial charge in [-0.15, -0.1) is 37.7 Å². The zero-order chi connectivity index (χ0) is 13.6. The van der Waals surface area contributed by atoms with E-state index in [-0.39, 0.29) is 52.9 Å². The van der Waals surface area contributed by atoms with Crippen LogP contribution in [0.25, 0.3) is 0 Å². The van der Waals surface area contributed by atoms with E-state index in [1.165, 1.54) is 0 Å². The van der Waals surface area contributed by atoms with Gasteiger partial charge in [-0.1, -0.05) is 0 Å². The van der Waals surface area contributed by atoms with Gasteiger partial charge >= 0.3 is 30.2 Å². The Kier molecular flexibility index (Phi) is 40.9. The van der Waals surface area contributed by atoms with Crippen LogP contribution in [0.1, 0.15) is 25.7 Å². The molecule has 0 amide bonds. The average molecular weight is 443 g/mol. The fraction of sp³-hybridized carbons (Fsp3) is 0.375. The van der Waals surface area contributed by atoms with Crippen LogP contribution in [0.15, 0.2) is 35.5 Å². The summed E-state index contributed by atoms with van der Waals surface area (Å²) < 4.78 is 0. The summed E-state index contributed by atoms with van der Waals surface area (Å²) in [5.74, 6) is 0. The van der Waals surface area contributed by atoms with Crippen LogP contribution in [-0.4, -0.2) is 30.3 Å². The first-order chi connectivity index (χ1) is 8.86. The van der Waals surface area contributed by atoms with Crippen LogP contribution in [0.3, 0.4) is 0 Å². The molecule has 0 fully saturated rings. The van der Waals surface area contributed by atoms with Gasteiger partial charge in [-0.25, -0.2) is 23.3 Å². The number of halogens is 2. The monoisotopic (exact) mass is 440 g/mol. The van der Waals surface area contributed by atoms with E-state index in [9.17, 15) is 0 Å². The summed E-state index contributed by atoms with van der Waals surface area (Å²) in [6.07, 6.45) is 17.7. The summed E-state index contributed by atoms with van der Waals surface area (Å²) >= 11 is 1.58. The zero-order valence-electron chi connectivity index (χ0n) is 13.5. The number of aliphatic hydroxyl groups excluding tert-OH is 2. The van der Waals surface area contributed by atoms with Gasteiger partial charge in [-0.2, -0.15) is 12.2 Å². The predicted molar refractivity (Wildman–Crippen MR) is 100 cm³/mol. The van der Waals surface area contributed by atoms with Crippen molar-refractivity contribution in [2.45, 2.75) is 25.7 Å². The van der Waals surface area contributed by atoms with E-state index in [2.05, 4.69) is 12.2 Å². The first-order valence-corrected chi connectivity index (χ1v) is 11.9. The molecular weight excluding hydrogens is 414 g/mol. The molecule has 2 aliphatic carbocycles. The van der Waals surface area contributed by atoms with Crippen molar-refractivity contribution in [3.05, 3.63) is 62.5 Å². The van der Waals surface area contributed by atoms with Gasteiger partial charge in [0.1, 0.15) is 0 Å². The molecule has 0 bridgehead atoms.